The third kappa shape index (κ3) is 3.42. The highest BCUT2D eigenvalue weighted by atomic mass is 16.2. The number of fused-ring (bicyclic) bond motifs is 2. The standard InChI is InChI=1S/C23H18N4O4/c28-19-10-18(21(19)29)27-8-7-14-6-5-13(9-15(14)12-27)11-24-22(30)20-23(31)26-17-4-2-1-3-16(17)25-20/h1-6,9-10H,7-8,11-12H2,(H,24,30)(H,26,31). The van der Waals surface area contributed by atoms with Crippen molar-refractivity contribution in [2.45, 2.75) is 19.5 Å². The smallest absolute Gasteiger partial charge is 0.280 e. The molecule has 1 aromatic heterocycles. The summed E-state index contributed by atoms with van der Waals surface area (Å²) in [6.45, 7) is 1.46. The number of hydrogen-bond donors (Lipinski definition) is 2. The van der Waals surface area contributed by atoms with E-state index < -0.39 is 22.3 Å². The fourth-order valence-electron chi connectivity index (χ4n) is 3.91. The zero-order chi connectivity index (χ0) is 21.5. The Hall–Kier alpha value is -4.07. The molecule has 0 radical (unpaired) electrons. The van der Waals surface area contributed by atoms with Gasteiger partial charge in [0.05, 0.1) is 16.7 Å². The van der Waals surface area contributed by atoms with Crippen molar-refractivity contribution < 1.29 is 4.79 Å². The molecule has 154 valence electrons. The molecule has 0 aliphatic carbocycles. The molecule has 0 atom stereocenters. The first-order valence-corrected chi connectivity index (χ1v) is 9.93. The molecule has 0 fully saturated rings. The number of nitrogens with one attached hydrogen (secondary N) is 2. The number of aromatic nitrogens is 2. The molecule has 3 aromatic carbocycles. The number of carbonyl (C=O) groups excluding carboxylic acids is 1. The number of nitrogens with zero attached hydrogens (tertiary/aromatic N) is 2. The maximum Gasteiger partial charge on any atom is 0.280 e. The third-order valence-corrected chi connectivity index (χ3v) is 5.62. The summed E-state index contributed by atoms with van der Waals surface area (Å²) >= 11 is 0. The number of rotatable bonds is 4. The molecular weight excluding hydrogens is 396 g/mol. The Balaban J connectivity index is 1.32. The molecule has 0 saturated heterocycles. The monoisotopic (exact) mass is 414 g/mol. The number of aromatic amines is 1. The van der Waals surface area contributed by atoms with E-state index in [2.05, 4.69) is 15.3 Å². The summed E-state index contributed by atoms with van der Waals surface area (Å²) in [6, 6.07) is 14.3. The molecular formula is C23H18N4O4. The highest BCUT2D eigenvalue weighted by Crippen LogP contribution is 2.23. The van der Waals surface area contributed by atoms with Crippen molar-refractivity contribution in [3.8, 4) is 0 Å². The van der Waals surface area contributed by atoms with Crippen molar-refractivity contribution in [3.63, 3.8) is 0 Å². The minimum Gasteiger partial charge on any atom is -0.363 e. The predicted molar refractivity (Wildman–Crippen MR) is 116 cm³/mol. The van der Waals surface area contributed by atoms with Crippen LogP contribution in [0.25, 0.3) is 11.0 Å². The predicted octanol–water partition coefficient (Wildman–Crippen LogP) is 1.01. The van der Waals surface area contributed by atoms with Crippen molar-refractivity contribution in [2.75, 3.05) is 11.4 Å². The highest BCUT2D eigenvalue weighted by molar-refractivity contribution is 5.93. The van der Waals surface area contributed by atoms with Crippen molar-refractivity contribution >= 4 is 22.6 Å². The molecule has 2 heterocycles. The lowest BCUT2D eigenvalue weighted by Crippen LogP contribution is -2.41. The van der Waals surface area contributed by atoms with E-state index in [0.717, 1.165) is 17.5 Å². The average Bonchev–Trinajstić information content (AvgIpc) is 2.79. The lowest BCUT2D eigenvalue weighted by molar-refractivity contribution is 0.0944. The van der Waals surface area contributed by atoms with Gasteiger partial charge in [0, 0.05) is 25.7 Å². The van der Waals surface area contributed by atoms with Gasteiger partial charge >= 0.3 is 0 Å². The first-order valence-electron chi connectivity index (χ1n) is 9.93. The molecule has 0 spiro atoms. The van der Waals surface area contributed by atoms with Crippen LogP contribution in [-0.2, 0) is 19.5 Å². The second-order valence-corrected chi connectivity index (χ2v) is 7.61. The molecule has 0 saturated carbocycles. The van der Waals surface area contributed by atoms with Crippen molar-refractivity contribution in [3.05, 3.63) is 102 Å². The van der Waals surface area contributed by atoms with Crippen LogP contribution < -0.4 is 26.6 Å². The van der Waals surface area contributed by atoms with E-state index in [4.69, 9.17) is 0 Å². The number of H-pyrrole nitrogens is 1. The summed E-state index contributed by atoms with van der Waals surface area (Å²) in [5.41, 5.74) is 3.09. The zero-order valence-corrected chi connectivity index (χ0v) is 16.5. The van der Waals surface area contributed by atoms with Gasteiger partial charge in [0.15, 0.2) is 5.69 Å². The number of carbonyl (C=O) groups is 1. The average molecular weight is 414 g/mol. The van der Waals surface area contributed by atoms with Crippen molar-refractivity contribution in [2.24, 2.45) is 0 Å². The molecule has 1 aliphatic heterocycles. The number of anilines is 1. The summed E-state index contributed by atoms with van der Waals surface area (Å²) in [5, 5.41) is 2.75. The van der Waals surface area contributed by atoms with Gasteiger partial charge in [0.25, 0.3) is 11.5 Å². The first-order chi connectivity index (χ1) is 15.0. The van der Waals surface area contributed by atoms with E-state index in [0.29, 0.717) is 29.8 Å². The van der Waals surface area contributed by atoms with Crippen LogP contribution in [0.4, 0.5) is 5.69 Å². The van der Waals surface area contributed by atoms with Gasteiger partial charge in [0.1, 0.15) is 0 Å². The van der Waals surface area contributed by atoms with Crippen LogP contribution >= 0.6 is 0 Å². The van der Waals surface area contributed by atoms with Crippen LogP contribution in [0, 0.1) is 0 Å². The number of benzene rings is 2. The second kappa shape index (κ2) is 7.32. The van der Waals surface area contributed by atoms with Crippen LogP contribution in [0.1, 0.15) is 27.2 Å². The largest absolute Gasteiger partial charge is 0.363 e. The molecule has 8 nitrogen and oxygen atoms in total. The summed E-state index contributed by atoms with van der Waals surface area (Å²) < 4.78 is 0. The van der Waals surface area contributed by atoms with Crippen LogP contribution in [-0.4, -0.2) is 22.4 Å². The Bertz CT molecular complexity index is 1460. The van der Waals surface area contributed by atoms with Crippen LogP contribution in [0.15, 0.2) is 62.9 Å². The normalized spacial score (nSPS) is 13.4. The van der Waals surface area contributed by atoms with Gasteiger partial charge in [-0.1, -0.05) is 30.3 Å². The summed E-state index contributed by atoms with van der Waals surface area (Å²) in [4.78, 5) is 56.5. The summed E-state index contributed by atoms with van der Waals surface area (Å²) in [5.74, 6) is -0.546. The van der Waals surface area contributed by atoms with Gasteiger partial charge in [-0.2, -0.15) is 0 Å². The van der Waals surface area contributed by atoms with E-state index in [9.17, 15) is 19.2 Å². The number of para-hydroxylation sites is 2. The van der Waals surface area contributed by atoms with Gasteiger partial charge in [0.2, 0.25) is 10.9 Å². The topological polar surface area (TPSA) is 112 Å². The number of hydrogen-bond acceptors (Lipinski definition) is 6. The van der Waals surface area contributed by atoms with Crippen LogP contribution in [0.5, 0.6) is 0 Å². The Morgan fingerprint density at radius 1 is 1.06 bits per heavy atom. The zero-order valence-electron chi connectivity index (χ0n) is 16.5. The molecule has 2 N–H and O–H groups in total. The minimum atomic E-state index is -0.546. The van der Waals surface area contributed by atoms with E-state index in [1.54, 1.807) is 24.3 Å². The maximum atomic E-state index is 12.5. The second-order valence-electron chi connectivity index (χ2n) is 7.61. The molecule has 0 bridgehead atoms. The summed E-state index contributed by atoms with van der Waals surface area (Å²) in [7, 11) is 0. The van der Waals surface area contributed by atoms with E-state index in [1.807, 2.05) is 23.1 Å². The van der Waals surface area contributed by atoms with Crippen LogP contribution in [0.2, 0.25) is 0 Å². The van der Waals surface area contributed by atoms with Crippen molar-refractivity contribution in [1.29, 1.82) is 0 Å². The Morgan fingerprint density at radius 3 is 2.71 bits per heavy atom. The Labute approximate surface area is 175 Å². The van der Waals surface area contributed by atoms with E-state index >= 15 is 0 Å². The minimum absolute atomic E-state index is 0.178. The van der Waals surface area contributed by atoms with Gasteiger partial charge in [-0.25, -0.2) is 4.98 Å². The molecule has 8 heteroatoms. The van der Waals surface area contributed by atoms with Gasteiger partial charge in [-0.05, 0) is 35.2 Å². The Kier molecular flexibility index (Phi) is 4.47. The molecule has 31 heavy (non-hydrogen) atoms. The molecule has 1 aliphatic rings. The SMILES string of the molecule is O=C(NCc1ccc2c(c1)CN(c1cc(=O)c1=O)CC2)c1nc2ccccc2[nH]c1=O. The third-order valence-electron chi connectivity index (χ3n) is 5.62. The van der Waals surface area contributed by atoms with Gasteiger partial charge in [-0.15, -0.1) is 0 Å². The quantitative estimate of drug-likeness (QED) is 0.482. The van der Waals surface area contributed by atoms with E-state index in [1.165, 1.54) is 11.6 Å². The fourth-order valence-corrected chi connectivity index (χ4v) is 3.91. The lowest BCUT2D eigenvalue weighted by Gasteiger charge is -2.31. The van der Waals surface area contributed by atoms with Gasteiger partial charge in [-0.3, -0.25) is 19.2 Å². The highest BCUT2D eigenvalue weighted by Gasteiger charge is 2.22. The first kappa shape index (κ1) is 18.9. The van der Waals surface area contributed by atoms with Crippen LogP contribution in [0.3, 0.4) is 0 Å². The molecule has 1 amide bonds. The maximum absolute atomic E-state index is 12.5. The Morgan fingerprint density at radius 2 is 1.90 bits per heavy atom. The molecule has 5 rings (SSSR count). The number of amides is 1. The van der Waals surface area contributed by atoms with Crippen molar-refractivity contribution in [1.82, 2.24) is 15.3 Å². The lowest BCUT2D eigenvalue weighted by atomic mass is 9.96. The summed E-state index contributed by atoms with van der Waals surface area (Å²) in [6.07, 6.45) is 0.775. The van der Waals surface area contributed by atoms with Gasteiger partial charge < -0.3 is 15.2 Å². The van der Waals surface area contributed by atoms with E-state index in [-0.39, 0.29) is 12.2 Å². The molecule has 4 aromatic rings. The molecule has 0 unspecified atom stereocenters. The fraction of sp³-hybridized carbons (Fsp3) is 0.174.